The Morgan fingerprint density at radius 2 is 1.73 bits per heavy atom. The third kappa shape index (κ3) is 3.48. The molecule has 1 atom stereocenters. The third-order valence-corrected chi connectivity index (χ3v) is 5.36. The Morgan fingerprint density at radius 1 is 1.20 bits per heavy atom. The van der Waals surface area contributed by atoms with Crippen molar-refractivity contribution in [3.05, 3.63) is 29.8 Å². The van der Waals surface area contributed by atoms with E-state index in [4.69, 9.17) is 10.7 Å². The van der Waals surface area contributed by atoms with Crippen LogP contribution in [0.1, 0.15) is 5.56 Å². The highest BCUT2D eigenvalue weighted by molar-refractivity contribution is 8.17. The predicted molar refractivity (Wildman–Crippen MR) is 60.7 cm³/mol. The maximum atomic E-state index is 12.0. The van der Waals surface area contributed by atoms with Gasteiger partial charge in [0.1, 0.15) is 0 Å². The lowest BCUT2D eigenvalue weighted by atomic mass is 10.2. The summed E-state index contributed by atoms with van der Waals surface area (Å²) < 4.78 is 36.6. The van der Waals surface area contributed by atoms with E-state index in [0.717, 1.165) is 0 Å². The van der Waals surface area contributed by atoms with Crippen LogP contribution in [0.3, 0.4) is 0 Å². The van der Waals surface area contributed by atoms with Gasteiger partial charge in [0.2, 0.25) is 0 Å². The number of benzene rings is 1. The van der Waals surface area contributed by atoms with Crippen LogP contribution in [0.5, 0.6) is 0 Å². The minimum atomic E-state index is -4.12. The van der Waals surface area contributed by atoms with Gasteiger partial charge in [0.25, 0.3) is 0 Å². The Labute approximate surface area is 94.0 Å². The average Bonchev–Trinajstić information content (AvgIpc) is 1.99. The highest BCUT2D eigenvalue weighted by atomic mass is 35.7. The fourth-order valence-electron chi connectivity index (χ4n) is 1.19. The van der Waals surface area contributed by atoms with Crippen LogP contribution in [0.15, 0.2) is 32.9 Å². The van der Waals surface area contributed by atoms with Crippen LogP contribution in [0.2, 0.25) is 0 Å². The summed E-state index contributed by atoms with van der Waals surface area (Å²) in [5.74, 6) is 0. The largest absolute Gasteiger partial charge is 0.347 e. The fourth-order valence-corrected chi connectivity index (χ4v) is 4.84. The van der Waals surface area contributed by atoms with Crippen LogP contribution in [-0.4, -0.2) is 18.9 Å². The number of halogens is 1. The second-order valence-corrected chi connectivity index (χ2v) is 7.69. The highest BCUT2D eigenvalue weighted by Crippen LogP contribution is 2.18. The molecule has 0 unspecified atom stereocenters. The lowest BCUT2D eigenvalue weighted by Crippen LogP contribution is -2.02. The Hall–Kier alpha value is -0.590. The molecule has 0 bridgehead atoms. The van der Waals surface area contributed by atoms with Crippen molar-refractivity contribution in [2.75, 3.05) is 6.26 Å². The second kappa shape index (κ2) is 4.11. The number of rotatable bonds is 2. The molecule has 0 aromatic heterocycles. The van der Waals surface area contributed by atoms with Crippen molar-refractivity contribution in [1.29, 1.82) is 0 Å². The van der Waals surface area contributed by atoms with Crippen molar-refractivity contribution < 1.29 is 12.6 Å². The van der Waals surface area contributed by atoms with Gasteiger partial charge in [-0.05, 0) is 18.6 Å². The molecule has 4 nitrogen and oxygen atoms in total. The molecule has 0 radical (unpaired) electrons. The number of aryl methyl sites for hydroxylation is 1. The number of nitrogens with zero attached hydrogens (tertiary/aromatic N) is 1. The molecule has 1 aromatic rings. The van der Waals surface area contributed by atoms with Crippen LogP contribution in [-0.2, 0) is 19.0 Å². The van der Waals surface area contributed by atoms with Crippen LogP contribution >= 0.6 is 10.7 Å². The average molecular weight is 268 g/mol. The van der Waals surface area contributed by atoms with Crippen molar-refractivity contribution in [2.24, 2.45) is 3.77 Å². The molecule has 1 rings (SSSR count). The summed E-state index contributed by atoms with van der Waals surface area (Å²) in [5, 5.41) is 0. The Balaban J connectivity index is 3.50. The zero-order valence-electron chi connectivity index (χ0n) is 8.18. The summed E-state index contributed by atoms with van der Waals surface area (Å²) in [5.41, 5.74) is 0.717. The summed E-state index contributed by atoms with van der Waals surface area (Å²) >= 11 is 0. The molecule has 0 aliphatic carbocycles. The zero-order valence-corrected chi connectivity index (χ0v) is 10.6. The maximum absolute atomic E-state index is 12.0. The quantitative estimate of drug-likeness (QED) is 0.769. The molecule has 0 heterocycles. The molecule has 7 heteroatoms. The number of hydrogen-bond donors (Lipinski definition) is 0. The third-order valence-electron chi connectivity index (χ3n) is 1.73. The molecule has 0 aliphatic rings. The van der Waals surface area contributed by atoms with Gasteiger partial charge >= 0.3 is 9.24 Å². The monoisotopic (exact) mass is 267 g/mol. The summed E-state index contributed by atoms with van der Waals surface area (Å²) in [4.78, 5) is 0.384. The van der Waals surface area contributed by atoms with Crippen LogP contribution in [0.4, 0.5) is 0 Å². The zero-order chi connectivity index (χ0) is 11.7. The molecule has 0 fully saturated rings. The first-order chi connectivity index (χ1) is 6.72. The Morgan fingerprint density at radius 3 is 2.20 bits per heavy atom. The molecule has 0 N–H and O–H groups in total. The molecule has 0 amide bonds. The van der Waals surface area contributed by atoms with Crippen molar-refractivity contribution in [3.8, 4) is 0 Å². The van der Waals surface area contributed by atoms with Gasteiger partial charge < -0.3 is 0 Å². The summed E-state index contributed by atoms with van der Waals surface area (Å²) in [6, 6.07) is 6.74. The number of hydrogen-bond acceptors (Lipinski definition) is 3. The molecular weight excluding hydrogens is 258 g/mol. The molecule has 1 aromatic carbocycles. The molecule has 0 saturated heterocycles. The van der Waals surface area contributed by atoms with Crippen LogP contribution in [0.25, 0.3) is 0 Å². The first-order valence-corrected chi connectivity index (χ1v) is 8.15. The second-order valence-electron chi connectivity index (χ2n) is 3.05. The molecule has 0 saturated carbocycles. The topological polar surface area (TPSA) is 63.6 Å². The van der Waals surface area contributed by atoms with Crippen molar-refractivity contribution >= 4 is 29.6 Å². The highest BCUT2D eigenvalue weighted by Gasteiger charge is 2.13. The van der Waals surface area contributed by atoms with Gasteiger partial charge in [-0.15, -0.1) is 0 Å². The minimum Gasteiger partial charge on any atom is -0.244 e. The molecular formula is C8H10ClNO3S2. The maximum Gasteiger partial charge on any atom is 0.347 e. The molecule has 84 valence electrons. The SMILES string of the molecule is Cc1ccccc1[S@](C)(=O)=NS(=O)(=O)Cl. The smallest absolute Gasteiger partial charge is 0.244 e. The molecule has 0 spiro atoms. The Bertz CT molecular complexity index is 586. The summed E-state index contributed by atoms with van der Waals surface area (Å²) in [6.45, 7) is 1.73. The van der Waals surface area contributed by atoms with Gasteiger partial charge in [0.15, 0.2) is 0 Å². The predicted octanol–water partition coefficient (Wildman–Crippen LogP) is 1.94. The summed E-state index contributed by atoms with van der Waals surface area (Å²) in [6.07, 6.45) is 1.25. The van der Waals surface area contributed by atoms with Gasteiger partial charge in [0, 0.05) is 16.9 Å². The first kappa shape index (κ1) is 12.5. The van der Waals surface area contributed by atoms with Crippen molar-refractivity contribution in [1.82, 2.24) is 0 Å². The van der Waals surface area contributed by atoms with E-state index >= 15 is 0 Å². The van der Waals surface area contributed by atoms with Gasteiger partial charge in [-0.25, -0.2) is 4.21 Å². The minimum absolute atomic E-state index is 0.384. The van der Waals surface area contributed by atoms with E-state index in [0.29, 0.717) is 10.5 Å². The van der Waals surface area contributed by atoms with Crippen molar-refractivity contribution in [3.63, 3.8) is 0 Å². The van der Waals surface area contributed by atoms with E-state index in [2.05, 4.69) is 3.77 Å². The first-order valence-electron chi connectivity index (χ1n) is 3.96. The lowest BCUT2D eigenvalue weighted by molar-refractivity contribution is 0.611. The standard InChI is InChI=1S/C8H10ClNO3S2/c1-7-5-3-4-6-8(7)14(2,11)10-15(9,12)13/h3-6H,1-2H3/t14-/m0/s1. The van der Waals surface area contributed by atoms with E-state index < -0.39 is 19.0 Å². The van der Waals surface area contributed by atoms with Gasteiger partial charge in [-0.3, -0.25) is 0 Å². The van der Waals surface area contributed by atoms with E-state index in [1.54, 1.807) is 31.2 Å². The molecule has 15 heavy (non-hydrogen) atoms. The fraction of sp³-hybridized carbons (Fsp3) is 0.250. The van der Waals surface area contributed by atoms with E-state index in [1.165, 1.54) is 6.26 Å². The van der Waals surface area contributed by atoms with E-state index in [9.17, 15) is 12.6 Å². The van der Waals surface area contributed by atoms with E-state index in [-0.39, 0.29) is 0 Å². The van der Waals surface area contributed by atoms with Crippen LogP contribution < -0.4 is 0 Å². The molecule has 0 aliphatic heterocycles. The van der Waals surface area contributed by atoms with Gasteiger partial charge in [0.05, 0.1) is 14.6 Å². The normalized spacial score (nSPS) is 15.7. The van der Waals surface area contributed by atoms with E-state index in [1.807, 2.05) is 0 Å². The summed E-state index contributed by atoms with van der Waals surface area (Å²) in [7, 11) is -2.17. The van der Waals surface area contributed by atoms with Gasteiger partial charge in [-0.2, -0.15) is 8.42 Å². The lowest BCUT2D eigenvalue weighted by Gasteiger charge is -2.05. The van der Waals surface area contributed by atoms with Gasteiger partial charge in [-0.1, -0.05) is 22.0 Å². The van der Waals surface area contributed by atoms with Crippen molar-refractivity contribution in [2.45, 2.75) is 11.8 Å². The van der Waals surface area contributed by atoms with Crippen LogP contribution in [0, 0.1) is 6.92 Å². The Kier molecular flexibility index (Phi) is 3.42.